The molecule has 0 spiro atoms. The Labute approximate surface area is 208 Å². The zero-order chi connectivity index (χ0) is 24.8. The minimum atomic E-state index is -0.377. The first kappa shape index (κ1) is 24.4. The van der Waals surface area contributed by atoms with Gasteiger partial charge in [-0.1, -0.05) is 60.3 Å². The number of halogens is 1. The van der Waals surface area contributed by atoms with Gasteiger partial charge in [-0.05, 0) is 31.5 Å². The Kier molecular flexibility index (Phi) is 7.77. The highest BCUT2D eigenvalue weighted by Gasteiger charge is 2.18. The Bertz CT molecular complexity index is 1330. The van der Waals surface area contributed by atoms with E-state index < -0.39 is 0 Å². The van der Waals surface area contributed by atoms with Crippen molar-refractivity contribution in [1.29, 1.82) is 0 Å². The fourth-order valence-electron chi connectivity index (χ4n) is 3.80. The molecule has 1 N–H and O–H groups in total. The van der Waals surface area contributed by atoms with Gasteiger partial charge in [0, 0.05) is 24.3 Å². The summed E-state index contributed by atoms with van der Waals surface area (Å²) in [5.74, 6) is 0.0502. The Morgan fingerprint density at radius 3 is 2.60 bits per heavy atom. The van der Waals surface area contributed by atoms with Crippen molar-refractivity contribution in [3.05, 3.63) is 95.6 Å². The molecule has 4 rings (SSSR count). The molecule has 0 saturated heterocycles. The lowest BCUT2D eigenvalue weighted by atomic mass is 10.2. The molecule has 0 unspecified atom stereocenters. The minimum absolute atomic E-state index is 0.134. The first-order valence-electron chi connectivity index (χ1n) is 11.2. The normalized spacial score (nSPS) is 10.9. The number of aromatic nitrogens is 5. The monoisotopic (exact) mass is 490 g/mol. The molecule has 7 nitrogen and oxygen atoms in total. The third kappa shape index (κ3) is 5.68. The van der Waals surface area contributed by atoms with E-state index in [1.54, 1.807) is 28.8 Å². The van der Waals surface area contributed by atoms with E-state index in [-0.39, 0.29) is 17.5 Å². The summed E-state index contributed by atoms with van der Waals surface area (Å²) in [5, 5.41) is 16.5. The Morgan fingerprint density at radius 2 is 1.86 bits per heavy atom. The molecule has 0 fully saturated rings. The molecule has 0 aliphatic carbocycles. The van der Waals surface area contributed by atoms with Gasteiger partial charge < -0.3 is 5.32 Å². The molecule has 2 aromatic carbocycles. The van der Waals surface area contributed by atoms with Gasteiger partial charge in [0.05, 0.1) is 23.6 Å². The number of carbonyl (C=O) groups is 1. The van der Waals surface area contributed by atoms with Gasteiger partial charge >= 0.3 is 0 Å². The molecule has 9 heteroatoms. The van der Waals surface area contributed by atoms with E-state index in [9.17, 15) is 9.18 Å². The summed E-state index contributed by atoms with van der Waals surface area (Å²) in [6.07, 6.45) is 1.69. The second kappa shape index (κ2) is 11.1. The largest absolute Gasteiger partial charge is 0.351 e. The van der Waals surface area contributed by atoms with E-state index in [0.29, 0.717) is 36.2 Å². The zero-order valence-corrected chi connectivity index (χ0v) is 20.6. The maximum absolute atomic E-state index is 14.3. The number of hydrogen-bond donors (Lipinski definition) is 1. The second-order valence-electron chi connectivity index (χ2n) is 8.04. The Hall–Kier alpha value is -3.72. The van der Waals surface area contributed by atoms with E-state index >= 15 is 0 Å². The van der Waals surface area contributed by atoms with E-state index in [4.69, 9.17) is 0 Å². The summed E-state index contributed by atoms with van der Waals surface area (Å²) in [6, 6.07) is 16.6. The summed E-state index contributed by atoms with van der Waals surface area (Å²) in [4.78, 5) is 12.6. The highest BCUT2D eigenvalue weighted by Crippen LogP contribution is 2.26. The van der Waals surface area contributed by atoms with E-state index in [1.165, 1.54) is 23.4 Å². The van der Waals surface area contributed by atoms with Gasteiger partial charge in [0.25, 0.3) is 0 Å². The van der Waals surface area contributed by atoms with Crippen molar-refractivity contribution in [3.63, 3.8) is 0 Å². The molecule has 1 amide bonds. The molecule has 0 aliphatic rings. The van der Waals surface area contributed by atoms with E-state index in [1.807, 2.05) is 36.7 Å². The van der Waals surface area contributed by atoms with Gasteiger partial charge in [-0.25, -0.2) is 4.39 Å². The van der Waals surface area contributed by atoms with Crippen molar-refractivity contribution in [2.24, 2.45) is 0 Å². The number of nitrogens with one attached hydrogen (secondary N) is 1. The fraction of sp³-hybridized carbons (Fsp3) is 0.231. The maximum Gasteiger partial charge on any atom is 0.230 e. The molecule has 0 saturated carbocycles. The van der Waals surface area contributed by atoms with Crippen LogP contribution in [0.2, 0.25) is 0 Å². The van der Waals surface area contributed by atoms with Gasteiger partial charge in [0.2, 0.25) is 5.91 Å². The Morgan fingerprint density at radius 1 is 1.11 bits per heavy atom. The van der Waals surface area contributed by atoms with Crippen LogP contribution in [0.4, 0.5) is 4.39 Å². The molecule has 0 bridgehead atoms. The first-order valence-corrected chi connectivity index (χ1v) is 12.2. The van der Waals surface area contributed by atoms with Crippen molar-refractivity contribution in [2.75, 3.05) is 5.75 Å². The number of allylic oxidation sites excluding steroid dienone is 1. The molecule has 2 aromatic heterocycles. The summed E-state index contributed by atoms with van der Waals surface area (Å²) in [6.45, 7) is 9.21. The van der Waals surface area contributed by atoms with Crippen LogP contribution in [0.1, 0.15) is 22.5 Å². The van der Waals surface area contributed by atoms with Crippen LogP contribution in [0.25, 0.3) is 11.4 Å². The SMILES string of the molecule is C=CCn1c(SCC(=O)NCc2c(C)nn(Cc3ccccc3)c2C)nnc1-c1ccccc1F. The van der Waals surface area contributed by atoms with Gasteiger partial charge in [-0.3, -0.25) is 14.0 Å². The predicted molar refractivity (Wildman–Crippen MR) is 135 cm³/mol. The number of rotatable bonds is 10. The predicted octanol–water partition coefficient (Wildman–Crippen LogP) is 4.54. The average Bonchev–Trinajstić information content (AvgIpc) is 3.37. The summed E-state index contributed by atoms with van der Waals surface area (Å²) >= 11 is 1.25. The molecule has 0 radical (unpaired) electrons. The van der Waals surface area contributed by atoms with E-state index in [0.717, 1.165) is 17.0 Å². The highest BCUT2D eigenvalue weighted by atomic mass is 32.2. The van der Waals surface area contributed by atoms with Crippen LogP contribution in [-0.4, -0.2) is 36.2 Å². The molecule has 180 valence electrons. The number of amides is 1. The third-order valence-corrected chi connectivity index (χ3v) is 6.61. The molecule has 2 heterocycles. The van der Waals surface area contributed by atoms with Gasteiger partial charge in [0.15, 0.2) is 11.0 Å². The number of benzene rings is 2. The van der Waals surface area contributed by atoms with Crippen LogP contribution in [0.15, 0.2) is 72.4 Å². The number of aryl methyl sites for hydroxylation is 1. The standard InChI is InChI=1S/C26H27FN6OS/c1-4-14-32-25(21-12-8-9-13-23(21)27)29-30-26(32)35-17-24(34)28-15-22-18(2)31-33(19(22)3)16-20-10-6-5-7-11-20/h4-13H,1,14-17H2,2-3H3,(H,28,34). The third-order valence-electron chi connectivity index (χ3n) is 5.64. The van der Waals surface area contributed by atoms with Gasteiger partial charge in [0.1, 0.15) is 5.82 Å². The number of thioether (sulfide) groups is 1. The topological polar surface area (TPSA) is 77.6 Å². The Balaban J connectivity index is 1.39. The maximum atomic E-state index is 14.3. The van der Waals surface area contributed by atoms with Crippen LogP contribution in [-0.2, 0) is 24.4 Å². The quantitative estimate of drug-likeness (QED) is 0.261. The van der Waals surface area contributed by atoms with Crippen molar-refractivity contribution in [2.45, 2.75) is 38.6 Å². The van der Waals surface area contributed by atoms with Crippen LogP contribution >= 0.6 is 11.8 Å². The number of carbonyl (C=O) groups excluding carboxylic acids is 1. The molecular weight excluding hydrogens is 463 g/mol. The fourth-order valence-corrected chi connectivity index (χ4v) is 4.58. The lowest BCUT2D eigenvalue weighted by Gasteiger charge is -2.09. The van der Waals surface area contributed by atoms with Crippen molar-refractivity contribution in [1.82, 2.24) is 29.9 Å². The molecular formula is C26H27FN6OS. The van der Waals surface area contributed by atoms with Gasteiger partial charge in [-0.2, -0.15) is 5.10 Å². The van der Waals surface area contributed by atoms with Crippen LogP contribution in [0, 0.1) is 19.7 Å². The summed E-state index contributed by atoms with van der Waals surface area (Å²) in [7, 11) is 0. The first-order chi connectivity index (χ1) is 17.0. The summed E-state index contributed by atoms with van der Waals surface area (Å²) in [5.41, 5.74) is 4.46. The van der Waals surface area contributed by atoms with Crippen molar-refractivity contribution >= 4 is 17.7 Å². The lowest BCUT2D eigenvalue weighted by molar-refractivity contribution is -0.118. The minimum Gasteiger partial charge on any atom is -0.351 e. The van der Waals surface area contributed by atoms with Gasteiger partial charge in [-0.15, -0.1) is 16.8 Å². The zero-order valence-electron chi connectivity index (χ0n) is 19.7. The lowest BCUT2D eigenvalue weighted by Crippen LogP contribution is -2.25. The number of nitrogens with zero attached hydrogens (tertiary/aromatic N) is 5. The van der Waals surface area contributed by atoms with Crippen molar-refractivity contribution < 1.29 is 9.18 Å². The molecule has 0 atom stereocenters. The second-order valence-corrected chi connectivity index (χ2v) is 8.99. The molecule has 4 aromatic rings. The number of hydrogen-bond acceptors (Lipinski definition) is 5. The average molecular weight is 491 g/mol. The van der Waals surface area contributed by atoms with E-state index in [2.05, 4.69) is 39.3 Å². The van der Waals surface area contributed by atoms with Crippen LogP contribution in [0.3, 0.4) is 0 Å². The van der Waals surface area contributed by atoms with Crippen LogP contribution in [0.5, 0.6) is 0 Å². The van der Waals surface area contributed by atoms with Crippen molar-refractivity contribution in [3.8, 4) is 11.4 Å². The molecule has 35 heavy (non-hydrogen) atoms. The van der Waals surface area contributed by atoms with Crippen LogP contribution < -0.4 is 5.32 Å². The molecule has 0 aliphatic heterocycles. The highest BCUT2D eigenvalue weighted by molar-refractivity contribution is 7.99. The summed E-state index contributed by atoms with van der Waals surface area (Å²) < 4.78 is 18.0. The smallest absolute Gasteiger partial charge is 0.230 e.